The third-order valence-electron chi connectivity index (χ3n) is 4.95. The molecule has 27 heavy (non-hydrogen) atoms. The predicted octanol–water partition coefficient (Wildman–Crippen LogP) is 1.62. The van der Waals surface area contributed by atoms with Crippen molar-refractivity contribution >= 4 is 34.9 Å². The van der Waals surface area contributed by atoms with Crippen LogP contribution >= 0.6 is 12.2 Å². The standard InChI is InChI=1S/C18H30N6O2S/c1-14-5-3-4-7-24(14)16-13-15(23-8-11-26-12-9-23)20-17(21-16)22-18(27)19-6-10-25-2/h13-14H,3-12H2,1-2H3,(H2,19,20,21,22,27)/t14-/m1/s1. The smallest absolute Gasteiger partial charge is 0.232 e. The summed E-state index contributed by atoms with van der Waals surface area (Å²) in [6.45, 7) is 7.63. The highest BCUT2D eigenvalue weighted by atomic mass is 32.1. The Hall–Kier alpha value is -1.71. The fraction of sp³-hybridized carbons (Fsp3) is 0.722. The second-order valence-electron chi connectivity index (χ2n) is 6.92. The Morgan fingerprint density at radius 2 is 2.04 bits per heavy atom. The minimum atomic E-state index is 0.478. The zero-order chi connectivity index (χ0) is 19.1. The molecule has 2 saturated heterocycles. The Labute approximate surface area is 166 Å². The molecule has 0 bridgehead atoms. The number of piperidine rings is 1. The van der Waals surface area contributed by atoms with E-state index in [1.54, 1.807) is 7.11 Å². The molecule has 0 spiro atoms. The van der Waals surface area contributed by atoms with E-state index in [9.17, 15) is 0 Å². The molecule has 8 nitrogen and oxygen atoms in total. The summed E-state index contributed by atoms with van der Waals surface area (Å²) in [5.41, 5.74) is 0. The third kappa shape index (κ3) is 5.63. The molecule has 3 rings (SSSR count). The van der Waals surface area contributed by atoms with E-state index in [4.69, 9.17) is 31.7 Å². The third-order valence-corrected chi connectivity index (χ3v) is 5.19. The van der Waals surface area contributed by atoms with E-state index < -0.39 is 0 Å². The summed E-state index contributed by atoms with van der Waals surface area (Å²) in [7, 11) is 1.67. The molecule has 150 valence electrons. The average Bonchev–Trinajstić information content (AvgIpc) is 2.69. The van der Waals surface area contributed by atoms with E-state index in [-0.39, 0.29) is 0 Å². The largest absolute Gasteiger partial charge is 0.383 e. The van der Waals surface area contributed by atoms with Gasteiger partial charge in [-0.3, -0.25) is 0 Å². The van der Waals surface area contributed by atoms with Gasteiger partial charge in [0, 0.05) is 45.4 Å². The summed E-state index contributed by atoms with van der Waals surface area (Å²) in [5, 5.41) is 6.74. The number of thiocarbonyl (C=S) groups is 1. The number of hydrogen-bond donors (Lipinski definition) is 2. The molecule has 2 aliphatic rings. The van der Waals surface area contributed by atoms with Crippen LogP contribution in [0.15, 0.2) is 6.07 Å². The van der Waals surface area contributed by atoms with E-state index in [1.807, 2.05) is 0 Å². The van der Waals surface area contributed by atoms with Gasteiger partial charge in [-0.25, -0.2) is 0 Å². The van der Waals surface area contributed by atoms with E-state index in [0.29, 0.717) is 30.3 Å². The molecule has 1 aromatic heterocycles. The summed E-state index contributed by atoms with van der Waals surface area (Å²) < 4.78 is 10.5. The maximum Gasteiger partial charge on any atom is 0.232 e. The first-order valence-electron chi connectivity index (χ1n) is 9.69. The second kappa shape index (κ2) is 10.0. The lowest BCUT2D eigenvalue weighted by Crippen LogP contribution is -2.40. The molecule has 9 heteroatoms. The Kier molecular flexibility index (Phi) is 7.42. The van der Waals surface area contributed by atoms with Crippen molar-refractivity contribution < 1.29 is 9.47 Å². The number of morpholine rings is 1. The highest BCUT2D eigenvalue weighted by molar-refractivity contribution is 7.80. The van der Waals surface area contributed by atoms with Crippen molar-refractivity contribution in [2.75, 3.05) is 68.2 Å². The summed E-state index contributed by atoms with van der Waals surface area (Å²) in [6, 6.07) is 2.57. The molecule has 0 unspecified atom stereocenters. The van der Waals surface area contributed by atoms with Gasteiger partial charge in [-0.1, -0.05) is 0 Å². The van der Waals surface area contributed by atoms with Crippen LogP contribution in [0.4, 0.5) is 17.6 Å². The van der Waals surface area contributed by atoms with Crippen LogP contribution in [0.5, 0.6) is 0 Å². The SMILES string of the molecule is COCCNC(=S)Nc1nc(N2CCOCC2)cc(N2CCCC[C@H]2C)n1. The molecule has 0 radical (unpaired) electrons. The molecule has 0 saturated carbocycles. The average molecular weight is 395 g/mol. The Morgan fingerprint density at radius 1 is 1.26 bits per heavy atom. The van der Waals surface area contributed by atoms with Crippen molar-refractivity contribution in [1.82, 2.24) is 15.3 Å². The van der Waals surface area contributed by atoms with Crippen molar-refractivity contribution in [2.45, 2.75) is 32.2 Å². The Bertz CT molecular complexity index is 626. The molecule has 0 aliphatic carbocycles. The van der Waals surface area contributed by atoms with E-state index in [1.165, 1.54) is 19.3 Å². The first-order chi connectivity index (χ1) is 13.2. The van der Waals surface area contributed by atoms with Gasteiger partial charge in [0.2, 0.25) is 5.95 Å². The number of anilines is 3. The van der Waals surface area contributed by atoms with Gasteiger partial charge in [0.15, 0.2) is 5.11 Å². The van der Waals surface area contributed by atoms with Gasteiger partial charge < -0.3 is 29.9 Å². The highest BCUT2D eigenvalue weighted by Crippen LogP contribution is 2.27. The zero-order valence-electron chi connectivity index (χ0n) is 16.2. The van der Waals surface area contributed by atoms with Crippen molar-refractivity contribution in [3.63, 3.8) is 0 Å². The summed E-state index contributed by atoms with van der Waals surface area (Å²) >= 11 is 5.37. The molecule has 3 heterocycles. The number of rotatable bonds is 6. The van der Waals surface area contributed by atoms with Gasteiger partial charge >= 0.3 is 0 Å². The predicted molar refractivity (Wildman–Crippen MR) is 112 cm³/mol. The van der Waals surface area contributed by atoms with Crippen LogP contribution < -0.4 is 20.4 Å². The molecular formula is C18H30N6O2S. The van der Waals surface area contributed by atoms with Crippen molar-refractivity contribution in [3.8, 4) is 0 Å². The number of hydrogen-bond acceptors (Lipinski definition) is 7. The Morgan fingerprint density at radius 3 is 2.78 bits per heavy atom. The van der Waals surface area contributed by atoms with Crippen LogP contribution in [0.3, 0.4) is 0 Å². The second-order valence-corrected chi connectivity index (χ2v) is 7.33. The number of ether oxygens (including phenoxy) is 2. The van der Waals surface area contributed by atoms with Crippen LogP contribution in [-0.4, -0.2) is 74.2 Å². The normalized spacial score (nSPS) is 20.4. The van der Waals surface area contributed by atoms with Crippen molar-refractivity contribution in [2.24, 2.45) is 0 Å². The molecule has 1 atom stereocenters. The molecule has 1 aromatic rings. The lowest BCUT2D eigenvalue weighted by Gasteiger charge is -2.35. The number of aromatic nitrogens is 2. The van der Waals surface area contributed by atoms with E-state index >= 15 is 0 Å². The van der Waals surface area contributed by atoms with Crippen molar-refractivity contribution in [3.05, 3.63) is 6.07 Å². The molecule has 2 N–H and O–H groups in total. The molecular weight excluding hydrogens is 364 g/mol. The molecule has 0 amide bonds. The fourth-order valence-corrected chi connectivity index (χ4v) is 3.62. The number of nitrogens with zero attached hydrogens (tertiary/aromatic N) is 4. The van der Waals surface area contributed by atoms with Gasteiger partial charge in [0.1, 0.15) is 11.6 Å². The van der Waals surface area contributed by atoms with E-state index in [0.717, 1.165) is 44.5 Å². The molecule has 2 fully saturated rings. The van der Waals surface area contributed by atoms with E-state index in [2.05, 4.69) is 33.4 Å². The first-order valence-corrected chi connectivity index (χ1v) is 10.1. The zero-order valence-corrected chi connectivity index (χ0v) is 17.1. The maximum absolute atomic E-state index is 5.48. The fourth-order valence-electron chi connectivity index (χ4n) is 3.43. The van der Waals surface area contributed by atoms with Gasteiger partial charge in [0.25, 0.3) is 0 Å². The van der Waals surface area contributed by atoms with Crippen LogP contribution in [0.2, 0.25) is 0 Å². The molecule has 0 aromatic carbocycles. The Balaban J connectivity index is 1.80. The topological polar surface area (TPSA) is 74.8 Å². The van der Waals surface area contributed by atoms with Crippen LogP contribution in [0.25, 0.3) is 0 Å². The monoisotopic (exact) mass is 394 g/mol. The minimum Gasteiger partial charge on any atom is -0.383 e. The van der Waals surface area contributed by atoms with Crippen LogP contribution in [-0.2, 0) is 9.47 Å². The maximum atomic E-state index is 5.48. The minimum absolute atomic E-state index is 0.478. The number of nitrogens with one attached hydrogen (secondary N) is 2. The van der Waals surface area contributed by atoms with Gasteiger partial charge in [0.05, 0.1) is 19.8 Å². The van der Waals surface area contributed by atoms with Crippen LogP contribution in [0, 0.1) is 0 Å². The van der Waals surface area contributed by atoms with Crippen LogP contribution in [0.1, 0.15) is 26.2 Å². The number of methoxy groups -OCH3 is 1. The summed E-state index contributed by atoms with van der Waals surface area (Å²) in [6.07, 6.45) is 3.66. The van der Waals surface area contributed by atoms with Gasteiger partial charge in [-0.2, -0.15) is 9.97 Å². The molecule has 2 aliphatic heterocycles. The quantitative estimate of drug-likeness (QED) is 0.553. The van der Waals surface area contributed by atoms with Gasteiger partial charge in [-0.15, -0.1) is 0 Å². The summed E-state index contributed by atoms with van der Waals surface area (Å²) in [4.78, 5) is 14.1. The lowest BCUT2D eigenvalue weighted by atomic mass is 10.0. The first kappa shape index (κ1) is 20.0. The van der Waals surface area contributed by atoms with Crippen molar-refractivity contribution in [1.29, 1.82) is 0 Å². The lowest BCUT2D eigenvalue weighted by molar-refractivity contribution is 0.122. The van der Waals surface area contributed by atoms with Gasteiger partial charge in [-0.05, 0) is 38.4 Å². The summed E-state index contributed by atoms with van der Waals surface area (Å²) in [5.74, 6) is 2.41. The highest BCUT2D eigenvalue weighted by Gasteiger charge is 2.23.